The summed E-state index contributed by atoms with van der Waals surface area (Å²) in [5.41, 5.74) is 2.21. The van der Waals surface area contributed by atoms with Gasteiger partial charge in [-0.15, -0.1) is 0 Å². The lowest BCUT2D eigenvalue weighted by Gasteiger charge is -2.15. The van der Waals surface area contributed by atoms with Gasteiger partial charge in [0.15, 0.2) is 0 Å². The molecule has 0 aromatic carbocycles. The lowest BCUT2D eigenvalue weighted by molar-refractivity contribution is -0.146. The quantitative estimate of drug-likeness (QED) is 0.683. The third-order valence-corrected chi connectivity index (χ3v) is 4.03. The summed E-state index contributed by atoms with van der Waals surface area (Å²) in [6.45, 7) is 2.54. The molecule has 1 saturated carbocycles. The number of amides is 1. The van der Waals surface area contributed by atoms with Crippen LogP contribution in [0.2, 0.25) is 0 Å². The molecule has 0 bridgehead atoms. The molecule has 2 unspecified atom stereocenters. The Morgan fingerprint density at radius 2 is 2.20 bits per heavy atom. The first kappa shape index (κ1) is 14.6. The largest absolute Gasteiger partial charge is 0.481 e. The van der Waals surface area contributed by atoms with Crippen LogP contribution >= 0.6 is 0 Å². The minimum Gasteiger partial charge on any atom is -0.481 e. The first-order valence-corrected chi connectivity index (χ1v) is 7.09. The minimum atomic E-state index is -0.850. The Kier molecular flexibility index (Phi) is 4.76. The molecule has 1 aliphatic rings. The van der Waals surface area contributed by atoms with E-state index in [0.29, 0.717) is 19.4 Å². The maximum atomic E-state index is 12.0. The van der Waals surface area contributed by atoms with Crippen molar-refractivity contribution < 1.29 is 14.7 Å². The van der Waals surface area contributed by atoms with Crippen molar-refractivity contribution in [3.05, 3.63) is 17.5 Å². The van der Waals surface area contributed by atoms with Crippen molar-refractivity contribution in [1.82, 2.24) is 15.5 Å². The molecule has 1 heterocycles. The van der Waals surface area contributed by atoms with Crippen LogP contribution in [0.3, 0.4) is 0 Å². The monoisotopic (exact) mass is 279 g/mol. The lowest BCUT2D eigenvalue weighted by atomic mass is 9.95. The van der Waals surface area contributed by atoms with Gasteiger partial charge in [0.2, 0.25) is 5.91 Å². The normalized spacial score (nSPS) is 21.9. The molecule has 1 aliphatic carbocycles. The van der Waals surface area contributed by atoms with Crippen molar-refractivity contribution in [3.8, 4) is 0 Å². The van der Waals surface area contributed by atoms with Gasteiger partial charge in [-0.05, 0) is 38.2 Å². The number of rotatable bonds is 6. The Morgan fingerprint density at radius 1 is 1.45 bits per heavy atom. The molecule has 2 rings (SSSR count). The van der Waals surface area contributed by atoms with Gasteiger partial charge >= 0.3 is 5.97 Å². The average molecular weight is 279 g/mol. The SMILES string of the molecule is Cc1[nH]ncc1CCCNC(=O)C1CCCC1C(=O)O. The van der Waals surface area contributed by atoms with Crippen LogP contribution in [0.15, 0.2) is 6.20 Å². The molecule has 2 atom stereocenters. The van der Waals surface area contributed by atoms with Gasteiger partial charge in [0, 0.05) is 12.2 Å². The second-order valence-electron chi connectivity index (χ2n) is 5.40. The fourth-order valence-corrected chi connectivity index (χ4v) is 2.82. The van der Waals surface area contributed by atoms with Crippen molar-refractivity contribution >= 4 is 11.9 Å². The van der Waals surface area contributed by atoms with Crippen molar-refractivity contribution in [3.63, 3.8) is 0 Å². The van der Waals surface area contributed by atoms with Gasteiger partial charge in [-0.25, -0.2) is 0 Å². The average Bonchev–Trinajstić information content (AvgIpc) is 3.03. The molecular formula is C14H21N3O3. The molecule has 1 fully saturated rings. The highest BCUT2D eigenvalue weighted by Crippen LogP contribution is 2.31. The number of nitrogens with one attached hydrogen (secondary N) is 2. The molecule has 1 aromatic rings. The zero-order chi connectivity index (χ0) is 14.5. The standard InChI is InChI=1S/C14H21N3O3/c1-9-10(8-16-17-9)4-3-7-15-13(18)11-5-2-6-12(11)14(19)20/h8,11-12H,2-7H2,1H3,(H,15,18)(H,16,17)(H,19,20). The molecule has 0 radical (unpaired) electrons. The number of carboxylic acid groups (broad SMARTS) is 1. The molecule has 1 amide bonds. The molecule has 6 nitrogen and oxygen atoms in total. The summed E-state index contributed by atoms with van der Waals surface area (Å²) in [7, 11) is 0. The Hall–Kier alpha value is -1.85. The van der Waals surface area contributed by atoms with E-state index >= 15 is 0 Å². The molecule has 0 saturated heterocycles. The first-order valence-electron chi connectivity index (χ1n) is 7.09. The molecule has 20 heavy (non-hydrogen) atoms. The molecule has 110 valence electrons. The van der Waals surface area contributed by atoms with Crippen LogP contribution in [0, 0.1) is 18.8 Å². The van der Waals surface area contributed by atoms with E-state index < -0.39 is 11.9 Å². The molecule has 0 spiro atoms. The Labute approximate surface area is 118 Å². The highest BCUT2D eigenvalue weighted by molar-refractivity contribution is 5.85. The summed E-state index contributed by atoms with van der Waals surface area (Å²) in [4.78, 5) is 23.0. The van der Waals surface area contributed by atoms with Crippen molar-refractivity contribution in [2.24, 2.45) is 11.8 Å². The van der Waals surface area contributed by atoms with E-state index in [-0.39, 0.29) is 11.8 Å². The number of carboxylic acids is 1. The second kappa shape index (κ2) is 6.54. The van der Waals surface area contributed by atoms with E-state index in [9.17, 15) is 9.59 Å². The van der Waals surface area contributed by atoms with Crippen LogP contribution in [0.1, 0.15) is 36.9 Å². The fourth-order valence-electron chi connectivity index (χ4n) is 2.82. The van der Waals surface area contributed by atoms with E-state index in [1.54, 1.807) is 6.20 Å². The molecular weight excluding hydrogens is 258 g/mol. The number of aromatic amines is 1. The van der Waals surface area contributed by atoms with Gasteiger partial charge < -0.3 is 10.4 Å². The summed E-state index contributed by atoms with van der Waals surface area (Å²) >= 11 is 0. The lowest BCUT2D eigenvalue weighted by Crippen LogP contribution is -2.35. The van der Waals surface area contributed by atoms with Crippen LogP contribution in [0.4, 0.5) is 0 Å². The topological polar surface area (TPSA) is 95.1 Å². The molecule has 6 heteroatoms. The molecule has 3 N–H and O–H groups in total. The van der Waals surface area contributed by atoms with Crippen LogP contribution in [0.5, 0.6) is 0 Å². The highest BCUT2D eigenvalue weighted by atomic mass is 16.4. The van der Waals surface area contributed by atoms with Gasteiger partial charge in [0.25, 0.3) is 0 Å². The summed E-state index contributed by atoms with van der Waals surface area (Å²) in [5.74, 6) is -1.83. The van der Waals surface area contributed by atoms with E-state index in [1.165, 1.54) is 0 Å². The summed E-state index contributed by atoms with van der Waals surface area (Å²) in [5, 5.41) is 18.8. The Morgan fingerprint density at radius 3 is 2.85 bits per heavy atom. The third-order valence-electron chi connectivity index (χ3n) is 4.03. The Balaban J connectivity index is 1.72. The van der Waals surface area contributed by atoms with Gasteiger partial charge in [-0.3, -0.25) is 14.7 Å². The van der Waals surface area contributed by atoms with Crippen LogP contribution in [0.25, 0.3) is 0 Å². The number of carbonyl (C=O) groups excluding carboxylic acids is 1. The molecule has 0 aliphatic heterocycles. The van der Waals surface area contributed by atoms with Crippen molar-refractivity contribution in [2.45, 2.75) is 39.0 Å². The van der Waals surface area contributed by atoms with Crippen molar-refractivity contribution in [2.75, 3.05) is 6.54 Å². The van der Waals surface area contributed by atoms with Crippen molar-refractivity contribution in [1.29, 1.82) is 0 Å². The zero-order valence-corrected chi connectivity index (χ0v) is 11.7. The Bertz CT molecular complexity index is 484. The number of nitrogens with zero attached hydrogens (tertiary/aromatic N) is 1. The highest BCUT2D eigenvalue weighted by Gasteiger charge is 2.37. The van der Waals surface area contributed by atoms with E-state index in [0.717, 1.165) is 30.5 Å². The summed E-state index contributed by atoms with van der Waals surface area (Å²) in [6.07, 6.45) is 5.61. The summed E-state index contributed by atoms with van der Waals surface area (Å²) in [6, 6.07) is 0. The summed E-state index contributed by atoms with van der Waals surface area (Å²) < 4.78 is 0. The number of H-pyrrole nitrogens is 1. The van der Waals surface area contributed by atoms with E-state index in [2.05, 4.69) is 15.5 Å². The van der Waals surface area contributed by atoms with Crippen LogP contribution < -0.4 is 5.32 Å². The number of hydrogen-bond acceptors (Lipinski definition) is 3. The van der Waals surface area contributed by atoms with Gasteiger partial charge in [-0.2, -0.15) is 5.10 Å². The third kappa shape index (κ3) is 3.37. The zero-order valence-electron chi connectivity index (χ0n) is 11.7. The van der Waals surface area contributed by atoms with Crippen LogP contribution in [-0.4, -0.2) is 33.7 Å². The second-order valence-corrected chi connectivity index (χ2v) is 5.40. The smallest absolute Gasteiger partial charge is 0.307 e. The van der Waals surface area contributed by atoms with E-state index in [4.69, 9.17) is 5.11 Å². The van der Waals surface area contributed by atoms with Gasteiger partial charge in [-0.1, -0.05) is 6.42 Å². The number of carbonyl (C=O) groups is 2. The predicted molar refractivity (Wildman–Crippen MR) is 73.1 cm³/mol. The maximum Gasteiger partial charge on any atom is 0.307 e. The number of hydrogen-bond donors (Lipinski definition) is 3. The van der Waals surface area contributed by atoms with Crippen LogP contribution in [-0.2, 0) is 16.0 Å². The van der Waals surface area contributed by atoms with E-state index in [1.807, 2.05) is 6.92 Å². The maximum absolute atomic E-state index is 12.0. The predicted octanol–water partition coefficient (Wildman–Crippen LogP) is 1.27. The number of aliphatic carboxylic acids is 1. The molecule has 1 aromatic heterocycles. The fraction of sp³-hybridized carbons (Fsp3) is 0.643. The minimum absolute atomic E-state index is 0.112. The number of aromatic nitrogens is 2. The first-order chi connectivity index (χ1) is 9.59. The van der Waals surface area contributed by atoms with Gasteiger partial charge in [0.05, 0.1) is 18.0 Å². The van der Waals surface area contributed by atoms with Gasteiger partial charge in [0.1, 0.15) is 0 Å². The number of aryl methyl sites for hydroxylation is 2.